The van der Waals surface area contributed by atoms with Crippen LogP contribution in [0.25, 0.3) is 0 Å². The summed E-state index contributed by atoms with van der Waals surface area (Å²) in [6.07, 6.45) is 0.798. The van der Waals surface area contributed by atoms with Gasteiger partial charge in [0, 0.05) is 4.90 Å². The molecule has 1 aromatic carbocycles. The average Bonchev–Trinajstić information content (AvgIpc) is 2.84. The molecule has 1 aromatic heterocycles. The van der Waals surface area contributed by atoms with E-state index >= 15 is 0 Å². The maximum absolute atomic E-state index is 5.83. The number of aryl methyl sites for hydroxylation is 1. The van der Waals surface area contributed by atoms with Crippen molar-refractivity contribution in [1.29, 1.82) is 0 Å². The Morgan fingerprint density at radius 1 is 1.44 bits per heavy atom. The zero-order chi connectivity index (χ0) is 13.0. The molecule has 0 saturated heterocycles. The van der Waals surface area contributed by atoms with E-state index in [2.05, 4.69) is 35.3 Å². The molecule has 2 N–H and O–H groups in total. The summed E-state index contributed by atoms with van der Waals surface area (Å²) in [7, 11) is 0. The van der Waals surface area contributed by atoms with Gasteiger partial charge in [0.2, 0.25) is 5.89 Å². The molecule has 5 heteroatoms. The van der Waals surface area contributed by atoms with Crippen LogP contribution in [0.2, 0.25) is 0 Å². The van der Waals surface area contributed by atoms with Crippen LogP contribution in [-0.2, 0) is 5.75 Å². The first kappa shape index (κ1) is 13.1. The molecule has 0 radical (unpaired) electrons. The van der Waals surface area contributed by atoms with Gasteiger partial charge in [-0.1, -0.05) is 29.8 Å². The largest absolute Gasteiger partial charge is 0.338 e. The minimum absolute atomic E-state index is 0.157. The van der Waals surface area contributed by atoms with E-state index in [1.165, 1.54) is 10.5 Å². The number of nitrogens with two attached hydrogens (primary N) is 1. The first-order valence-electron chi connectivity index (χ1n) is 5.96. The lowest BCUT2D eigenvalue weighted by Gasteiger charge is -2.00. The Morgan fingerprint density at radius 2 is 2.28 bits per heavy atom. The minimum atomic E-state index is -0.157. The van der Waals surface area contributed by atoms with E-state index in [0.717, 1.165) is 6.42 Å². The molecule has 18 heavy (non-hydrogen) atoms. The van der Waals surface area contributed by atoms with Gasteiger partial charge in [0.1, 0.15) is 0 Å². The summed E-state index contributed by atoms with van der Waals surface area (Å²) >= 11 is 1.69. The predicted molar refractivity (Wildman–Crippen MR) is 72.3 cm³/mol. The first-order chi connectivity index (χ1) is 8.69. The predicted octanol–water partition coefficient (Wildman–Crippen LogP) is 3.08. The van der Waals surface area contributed by atoms with Gasteiger partial charge in [0.05, 0.1) is 11.8 Å². The molecule has 0 spiro atoms. The summed E-state index contributed by atoms with van der Waals surface area (Å²) in [6.45, 7) is 4.08. The summed E-state index contributed by atoms with van der Waals surface area (Å²) in [5.74, 6) is 1.92. The Labute approximate surface area is 111 Å². The average molecular weight is 263 g/mol. The fraction of sp³-hybridized carbons (Fsp3) is 0.385. The number of nitrogens with zero attached hydrogens (tertiary/aromatic N) is 2. The third-order valence-corrected chi connectivity index (χ3v) is 3.59. The van der Waals surface area contributed by atoms with Gasteiger partial charge < -0.3 is 10.3 Å². The van der Waals surface area contributed by atoms with Gasteiger partial charge in [-0.05, 0) is 25.5 Å². The molecule has 0 aliphatic carbocycles. The molecule has 2 rings (SSSR count). The lowest BCUT2D eigenvalue weighted by molar-refractivity contribution is 0.349. The smallest absolute Gasteiger partial charge is 0.243 e. The van der Waals surface area contributed by atoms with Crippen LogP contribution >= 0.6 is 11.8 Å². The number of hydrogen-bond donors (Lipinski definition) is 1. The SMILES string of the molecule is CC[C@H](N)c1nc(CSc2cccc(C)c2)no1. The first-order valence-corrected chi connectivity index (χ1v) is 6.95. The van der Waals surface area contributed by atoms with Crippen LogP contribution in [0.4, 0.5) is 0 Å². The highest BCUT2D eigenvalue weighted by Crippen LogP contribution is 2.23. The van der Waals surface area contributed by atoms with Gasteiger partial charge in [0.25, 0.3) is 0 Å². The maximum Gasteiger partial charge on any atom is 0.243 e. The van der Waals surface area contributed by atoms with Crippen molar-refractivity contribution in [2.75, 3.05) is 0 Å². The van der Waals surface area contributed by atoms with Crippen molar-refractivity contribution < 1.29 is 4.52 Å². The molecular formula is C13H17N3OS. The van der Waals surface area contributed by atoms with Crippen molar-refractivity contribution in [3.63, 3.8) is 0 Å². The summed E-state index contributed by atoms with van der Waals surface area (Å²) in [5, 5.41) is 3.94. The number of rotatable bonds is 5. The van der Waals surface area contributed by atoms with E-state index < -0.39 is 0 Å². The topological polar surface area (TPSA) is 64.9 Å². The summed E-state index contributed by atoms with van der Waals surface area (Å²) in [6, 6.07) is 8.19. The normalized spacial score (nSPS) is 12.6. The molecule has 0 aliphatic heterocycles. The second-order valence-electron chi connectivity index (χ2n) is 4.17. The lowest BCUT2D eigenvalue weighted by atomic mass is 10.2. The molecule has 1 heterocycles. The van der Waals surface area contributed by atoms with Gasteiger partial charge >= 0.3 is 0 Å². The molecule has 4 nitrogen and oxygen atoms in total. The molecule has 0 amide bonds. The molecule has 0 fully saturated rings. The second kappa shape index (κ2) is 6.02. The molecule has 0 unspecified atom stereocenters. The van der Waals surface area contributed by atoms with Crippen LogP contribution in [0.15, 0.2) is 33.7 Å². The molecule has 96 valence electrons. The van der Waals surface area contributed by atoms with Gasteiger partial charge in [-0.25, -0.2) is 0 Å². The van der Waals surface area contributed by atoms with Crippen LogP contribution in [0, 0.1) is 6.92 Å². The van der Waals surface area contributed by atoms with Crippen molar-refractivity contribution in [3.8, 4) is 0 Å². The standard InChI is InChI=1S/C13H17N3OS/c1-3-11(14)13-15-12(16-17-13)8-18-10-6-4-5-9(2)7-10/h4-7,11H,3,8,14H2,1-2H3/t11-/m0/s1. The Kier molecular flexibility index (Phi) is 4.38. The summed E-state index contributed by atoms with van der Waals surface area (Å²) in [4.78, 5) is 5.50. The zero-order valence-corrected chi connectivity index (χ0v) is 11.4. The molecule has 0 bridgehead atoms. The van der Waals surface area contributed by atoms with Gasteiger partial charge in [0.15, 0.2) is 5.82 Å². The lowest BCUT2D eigenvalue weighted by Crippen LogP contribution is -2.08. The van der Waals surface area contributed by atoms with Crippen molar-refractivity contribution in [1.82, 2.24) is 10.1 Å². The van der Waals surface area contributed by atoms with E-state index in [1.807, 2.05) is 13.0 Å². The highest BCUT2D eigenvalue weighted by Gasteiger charge is 2.12. The quantitative estimate of drug-likeness (QED) is 0.840. The number of benzene rings is 1. The molecule has 1 atom stereocenters. The van der Waals surface area contributed by atoms with Crippen molar-refractivity contribution in [2.24, 2.45) is 5.73 Å². The van der Waals surface area contributed by atoms with E-state index in [-0.39, 0.29) is 6.04 Å². The Balaban J connectivity index is 1.96. The molecule has 0 saturated carbocycles. The number of hydrogen-bond acceptors (Lipinski definition) is 5. The van der Waals surface area contributed by atoms with Crippen molar-refractivity contribution >= 4 is 11.8 Å². The Morgan fingerprint density at radius 3 is 3.00 bits per heavy atom. The van der Waals surface area contributed by atoms with E-state index in [0.29, 0.717) is 17.5 Å². The third-order valence-electron chi connectivity index (χ3n) is 2.60. The summed E-state index contributed by atoms with van der Waals surface area (Å²) < 4.78 is 5.13. The van der Waals surface area contributed by atoms with E-state index in [1.54, 1.807) is 11.8 Å². The van der Waals surface area contributed by atoms with Gasteiger partial charge in [-0.3, -0.25) is 0 Å². The maximum atomic E-state index is 5.83. The number of aromatic nitrogens is 2. The zero-order valence-electron chi connectivity index (χ0n) is 10.6. The Bertz CT molecular complexity index is 512. The van der Waals surface area contributed by atoms with E-state index in [4.69, 9.17) is 10.3 Å². The molecule has 2 aromatic rings. The van der Waals surface area contributed by atoms with Crippen LogP contribution in [-0.4, -0.2) is 10.1 Å². The fourth-order valence-electron chi connectivity index (χ4n) is 1.50. The minimum Gasteiger partial charge on any atom is -0.338 e. The summed E-state index contributed by atoms with van der Waals surface area (Å²) in [5.41, 5.74) is 7.08. The van der Waals surface area contributed by atoms with Gasteiger partial charge in [-0.2, -0.15) is 4.98 Å². The van der Waals surface area contributed by atoms with Crippen molar-refractivity contribution in [3.05, 3.63) is 41.5 Å². The monoisotopic (exact) mass is 263 g/mol. The second-order valence-corrected chi connectivity index (χ2v) is 5.22. The van der Waals surface area contributed by atoms with Crippen molar-refractivity contribution in [2.45, 2.75) is 37.0 Å². The van der Waals surface area contributed by atoms with Crippen LogP contribution in [0.1, 0.15) is 36.7 Å². The van der Waals surface area contributed by atoms with E-state index in [9.17, 15) is 0 Å². The number of thioether (sulfide) groups is 1. The highest BCUT2D eigenvalue weighted by atomic mass is 32.2. The Hall–Kier alpha value is -1.33. The van der Waals surface area contributed by atoms with Crippen LogP contribution < -0.4 is 5.73 Å². The molecule has 0 aliphatic rings. The van der Waals surface area contributed by atoms with Gasteiger partial charge in [-0.15, -0.1) is 11.8 Å². The highest BCUT2D eigenvalue weighted by molar-refractivity contribution is 7.98. The fourth-order valence-corrected chi connectivity index (χ4v) is 2.36. The van der Waals surface area contributed by atoms with Crippen LogP contribution in [0.5, 0.6) is 0 Å². The third kappa shape index (κ3) is 3.34. The van der Waals surface area contributed by atoms with Crippen LogP contribution in [0.3, 0.4) is 0 Å². The molecular weight excluding hydrogens is 246 g/mol.